The maximum absolute atomic E-state index is 12.4. The van der Waals surface area contributed by atoms with E-state index in [0.717, 1.165) is 6.26 Å². The van der Waals surface area contributed by atoms with Crippen molar-refractivity contribution in [2.75, 3.05) is 36.1 Å². The highest BCUT2D eigenvalue weighted by atomic mass is 32.2. The lowest BCUT2D eigenvalue weighted by molar-refractivity contribution is -0.116. The van der Waals surface area contributed by atoms with Crippen LogP contribution in [-0.2, 0) is 19.6 Å². The molecule has 8 nitrogen and oxygen atoms in total. The first-order valence-electron chi connectivity index (χ1n) is 9.44. The quantitative estimate of drug-likeness (QED) is 0.577. The zero-order valence-corrected chi connectivity index (χ0v) is 18.1. The fourth-order valence-electron chi connectivity index (χ4n) is 2.83. The van der Waals surface area contributed by atoms with E-state index >= 15 is 0 Å². The van der Waals surface area contributed by atoms with Crippen molar-refractivity contribution in [3.05, 3.63) is 54.1 Å². The maximum Gasteiger partial charge on any atom is 0.340 e. The summed E-state index contributed by atoms with van der Waals surface area (Å²) in [5, 5.41) is 2.69. The first-order valence-corrected chi connectivity index (χ1v) is 11.3. The molecule has 0 radical (unpaired) electrons. The summed E-state index contributed by atoms with van der Waals surface area (Å²) < 4.78 is 35.8. The van der Waals surface area contributed by atoms with Crippen molar-refractivity contribution in [2.45, 2.75) is 19.8 Å². The van der Waals surface area contributed by atoms with Crippen molar-refractivity contribution in [3.8, 4) is 5.75 Å². The molecule has 1 N–H and O–H groups in total. The number of methoxy groups -OCH3 is 1. The smallest absolute Gasteiger partial charge is 0.340 e. The Morgan fingerprint density at radius 1 is 1.10 bits per heavy atom. The minimum absolute atomic E-state index is 0.0765. The largest absolute Gasteiger partial charge is 0.497 e. The van der Waals surface area contributed by atoms with E-state index in [4.69, 9.17) is 9.47 Å². The van der Waals surface area contributed by atoms with E-state index in [-0.39, 0.29) is 37.5 Å². The molecular weight excluding hydrogens is 408 g/mol. The van der Waals surface area contributed by atoms with Gasteiger partial charge in [0.05, 0.1) is 36.9 Å². The summed E-state index contributed by atoms with van der Waals surface area (Å²) in [6.07, 6.45) is 1.48. The van der Waals surface area contributed by atoms with Crippen LogP contribution in [0.15, 0.2) is 48.5 Å². The van der Waals surface area contributed by atoms with Gasteiger partial charge in [0, 0.05) is 19.0 Å². The second-order valence-corrected chi connectivity index (χ2v) is 8.36. The fourth-order valence-corrected chi connectivity index (χ4v) is 3.78. The highest BCUT2D eigenvalue weighted by Gasteiger charge is 2.19. The average Bonchev–Trinajstić information content (AvgIpc) is 2.71. The van der Waals surface area contributed by atoms with Gasteiger partial charge >= 0.3 is 5.97 Å². The monoisotopic (exact) mass is 434 g/mol. The summed E-state index contributed by atoms with van der Waals surface area (Å²) in [7, 11) is -2.04. The molecular formula is C21H26N2O6S. The number of amides is 1. The van der Waals surface area contributed by atoms with Crippen LogP contribution in [0.2, 0.25) is 0 Å². The van der Waals surface area contributed by atoms with Gasteiger partial charge < -0.3 is 14.8 Å². The van der Waals surface area contributed by atoms with Crippen LogP contribution in [0.1, 0.15) is 30.1 Å². The van der Waals surface area contributed by atoms with E-state index in [0.29, 0.717) is 17.1 Å². The number of anilines is 2. The Bertz CT molecular complexity index is 990. The topological polar surface area (TPSA) is 102 Å². The number of rotatable bonds is 10. The summed E-state index contributed by atoms with van der Waals surface area (Å²) >= 11 is 0. The predicted molar refractivity (Wildman–Crippen MR) is 115 cm³/mol. The molecule has 0 heterocycles. The van der Waals surface area contributed by atoms with E-state index < -0.39 is 16.0 Å². The number of hydrogen-bond acceptors (Lipinski definition) is 6. The Hall–Kier alpha value is -3.07. The summed E-state index contributed by atoms with van der Waals surface area (Å²) in [4.78, 5) is 24.4. The second kappa shape index (κ2) is 10.6. The summed E-state index contributed by atoms with van der Waals surface area (Å²) in [6, 6.07) is 13.3. The van der Waals surface area contributed by atoms with Crippen LogP contribution in [0.3, 0.4) is 0 Å². The zero-order chi connectivity index (χ0) is 22.1. The Labute approximate surface area is 176 Å². The van der Waals surface area contributed by atoms with E-state index in [1.165, 1.54) is 11.4 Å². The number of sulfonamides is 1. The van der Waals surface area contributed by atoms with Gasteiger partial charge in [-0.2, -0.15) is 0 Å². The van der Waals surface area contributed by atoms with Crippen LogP contribution in [-0.4, -0.2) is 46.8 Å². The number of carbonyl (C=O) groups is 2. The number of ether oxygens (including phenoxy) is 2. The first kappa shape index (κ1) is 23.2. The number of hydrogen-bond donors (Lipinski definition) is 1. The standard InChI is InChI=1S/C21H26N2O6S/c1-4-29-21(25)18-11-5-6-12-19(18)22-20(24)13-8-14-23(30(3,26)27)16-9-7-10-17(15-16)28-2/h5-7,9-12,15H,4,8,13-14H2,1-3H3,(H,22,24). The Morgan fingerprint density at radius 2 is 1.83 bits per heavy atom. The molecule has 0 saturated carbocycles. The third-order valence-corrected chi connectivity index (χ3v) is 5.40. The van der Waals surface area contributed by atoms with Crippen LogP contribution in [0.5, 0.6) is 5.75 Å². The molecule has 0 fully saturated rings. The van der Waals surface area contributed by atoms with Crippen molar-refractivity contribution in [2.24, 2.45) is 0 Å². The highest BCUT2D eigenvalue weighted by Crippen LogP contribution is 2.23. The molecule has 0 atom stereocenters. The van der Waals surface area contributed by atoms with Gasteiger partial charge in [-0.1, -0.05) is 18.2 Å². The second-order valence-electron chi connectivity index (χ2n) is 6.45. The number of carbonyl (C=O) groups excluding carboxylic acids is 2. The number of benzene rings is 2. The van der Waals surface area contributed by atoms with Gasteiger partial charge in [-0.25, -0.2) is 13.2 Å². The molecule has 162 valence electrons. The van der Waals surface area contributed by atoms with Crippen molar-refractivity contribution < 1.29 is 27.5 Å². The van der Waals surface area contributed by atoms with Crippen molar-refractivity contribution in [3.63, 3.8) is 0 Å². The molecule has 0 aliphatic heterocycles. The zero-order valence-electron chi connectivity index (χ0n) is 17.3. The molecule has 0 spiro atoms. The van der Waals surface area contributed by atoms with Gasteiger partial charge in [-0.15, -0.1) is 0 Å². The van der Waals surface area contributed by atoms with Crippen LogP contribution >= 0.6 is 0 Å². The Kier molecular flexibility index (Phi) is 8.23. The maximum atomic E-state index is 12.4. The van der Waals surface area contributed by atoms with Gasteiger partial charge in [-0.05, 0) is 37.6 Å². The SMILES string of the molecule is CCOC(=O)c1ccccc1NC(=O)CCCN(c1cccc(OC)c1)S(C)(=O)=O. The molecule has 0 unspecified atom stereocenters. The Balaban J connectivity index is 2.02. The van der Waals surface area contributed by atoms with Crippen LogP contribution in [0, 0.1) is 0 Å². The van der Waals surface area contributed by atoms with E-state index in [1.54, 1.807) is 55.5 Å². The third-order valence-electron chi connectivity index (χ3n) is 4.20. The molecule has 2 aromatic carbocycles. The third kappa shape index (κ3) is 6.48. The highest BCUT2D eigenvalue weighted by molar-refractivity contribution is 7.92. The van der Waals surface area contributed by atoms with E-state index in [9.17, 15) is 18.0 Å². The summed E-state index contributed by atoms with van der Waals surface area (Å²) in [5.74, 6) is -0.310. The summed E-state index contributed by atoms with van der Waals surface area (Å²) in [6.45, 7) is 2.06. The van der Waals surface area contributed by atoms with Crippen LogP contribution in [0.4, 0.5) is 11.4 Å². The van der Waals surface area contributed by atoms with Gasteiger partial charge in [-0.3, -0.25) is 9.10 Å². The minimum atomic E-state index is -3.54. The van der Waals surface area contributed by atoms with E-state index in [1.807, 2.05) is 0 Å². The Morgan fingerprint density at radius 3 is 2.50 bits per heavy atom. The molecule has 30 heavy (non-hydrogen) atoms. The number of nitrogens with one attached hydrogen (secondary N) is 1. The molecule has 0 aliphatic carbocycles. The van der Waals surface area contributed by atoms with Crippen LogP contribution in [0.25, 0.3) is 0 Å². The fraction of sp³-hybridized carbons (Fsp3) is 0.333. The first-order chi connectivity index (χ1) is 14.3. The van der Waals surface area contributed by atoms with Crippen molar-refractivity contribution in [1.82, 2.24) is 0 Å². The number of nitrogens with zero attached hydrogens (tertiary/aromatic N) is 1. The molecule has 9 heteroatoms. The normalized spacial score (nSPS) is 10.9. The minimum Gasteiger partial charge on any atom is -0.497 e. The summed E-state index contributed by atoms with van der Waals surface area (Å²) in [5.41, 5.74) is 1.08. The van der Waals surface area contributed by atoms with Gasteiger partial charge in [0.25, 0.3) is 0 Å². The van der Waals surface area contributed by atoms with Gasteiger partial charge in [0.15, 0.2) is 0 Å². The molecule has 0 aliphatic rings. The molecule has 0 aromatic heterocycles. The molecule has 0 saturated heterocycles. The average molecular weight is 435 g/mol. The molecule has 2 rings (SSSR count). The molecule has 1 amide bonds. The number of esters is 1. The molecule has 0 bridgehead atoms. The number of para-hydroxylation sites is 1. The van der Waals surface area contributed by atoms with Gasteiger partial charge in [0.2, 0.25) is 15.9 Å². The van der Waals surface area contributed by atoms with Crippen LogP contribution < -0.4 is 14.4 Å². The lowest BCUT2D eigenvalue weighted by atomic mass is 10.1. The van der Waals surface area contributed by atoms with Crippen molar-refractivity contribution >= 4 is 33.3 Å². The van der Waals surface area contributed by atoms with Gasteiger partial charge in [0.1, 0.15) is 5.75 Å². The van der Waals surface area contributed by atoms with Crippen molar-refractivity contribution in [1.29, 1.82) is 0 Å². The lowest BCUT2D eigenvalue weighted by Crippen LogP contribution is -2.31. The lowest BCUT2D eigenvalue weighted by Gasteiger charge is -2.22. The predicted octanol–water partition coefficient (Wildman–Crippen LogP) is 3.06. The van der Waals surface area contributed by atoms with E-state index in [2.05, 4.69) is 5.32 Å². The molecule has 2 aromatic rings.